The molecule has 0 spiro atoms. The highest BCUT2D eigenvalue weighted by Crippen LogP contribution is 2.28. The normalized spacial score (nSPS) is 12.0. The number of aromatic nitrogens is 2. The second-order valence-electron chi connectivity index (χ2n) is 4.92. The molecule has 0 amide bonds. The van der Waals surface area contributed by atoms with E-state index < -0.39 is 5.97 Å². The van der Waals surface area contributed by atoms with Gasteiger partial charge in [-0.3, -0.25) is 0 Å². The first-order valence-electron chi connectivity index (χ1n) is 7.03. The molecule has 11 heteroatoms. The maximum Gasteiger partial charge on any atom is 0.336 e. The van der Waals surface area contributed by atoms with Crippen molar-refractivity contribution in [3.63, 3.8) is 0 Å². The van der Waals surface area contributed by atoms with Gasteiger partial charge < -0.3 is 21.0 Å². The van der Waals surface area contributed by atoms with E-state index in [0.717, 1.165) is 0 Å². The van der Waals surface area contributed by atoms with Crippen molar-refractivity contribution in [1.82, 2.24) is 10.3 Å². The van der Waals surface area contributed by atoms with E-state index in [9.17, 15) is 9.90 Å². The lowest BCUT2D eigenvalue weighted by Gasteiger charge is -2.03. The van der Waals surface area contributed by atoms with Gasteiger partial charge >= 0.3 is 5.97 Å². The van der Waals surface area contributed by atoms with Crippen LogP contribution in [-0.2, 0) is 0 Å². The number of furan rings is 1. The standard InChI is InChI=1S/C15H11BrN6O4/c16-7-1-3-9(10(5-7)15(23)24)11-4-2-8(25-11)6-19-20-13(17)12-14(18)22-26-21-12/h1-6H,(H2,17,20)(H2,18,22)(H,23,24). The molecule has 0 aliphatic heterocycles. The van der Waals surface area contributed by atoms with E-state index >= 15 is 0 Å². The molecule has 0 radical (unpaired) electrons. The second kappa shape index (κ2) is 7.19. The number of rotatable bonds is 5. The van der Waals surface area contributed by atoms with Crippen LogP contribution in [0.5, 0.6) is 0 Å². The Morgan fingerprint density at radius 3 is 2.77 bits per heavy atom. The molecule has 0 fully saturated rings. The van der Waals surface area contributed by atoms with Gasteiger partial charge in [-0.25, -0.2) is 9.42 Å². The van der Waals surface area contributed by atoms with Gasteiger partial charge in [0.05, 0.1) is 11.8 Å². The molecule has 26 heavy (non-hydrogen) atoms. The van der Waals surface area contributed by atoms with Crippen molar-refractivity contribution in [3.8, 4) is 11.3 Å². The third-order valence-corrected chi connectivity index (χ3v) is 3.70. The summed E-state index contributed by atoms with van der Waals surface area (Å²) in [6.07, 6.45) is 1.30. The summed E-state index contributed by atoms with van der Waals surface area (Å²) in [7, 11) is 0. The lowest BCUT2D eigenvalue weighted by molar-refractivity contribution is 0.0697. The van der Waals surface area contributed by atoms with Crippen molar-refractivity contribution in [2.75, 3.05) is 5.73 Å². The average molecular weight is 419 g/mol. The molecule has 0 saturated heterocycles. The molecule has 0 aliphatic rings. The average Bonchev–Trinajstić information content (AvgIpc) is 3.23. The lowest BCUT2D eigenvalue weighted by atomic mass is 10.1. The summed E-state index contributed by atoms with van der Waals surface area (Å²) >= 11 is 3.24. The molecule has 132 valence electrons. The molecule has 2 heterocycles. The van der Waals surface area contributed by atoms with Crippen LogP contribution in [0.2, 0.25) is 0 Å². The van der Waals surface area contributed by atoms with Crippen LogP contribution in [0.1, 0.15) is 21.8 Å². The van der Waals surface area contributed by atoms with E-state index in [1.807, 2.05) is 0 Å². The quantitative estimate of drug-likeness (QED) is 0.321. The first kappa shape index (κ1) is 17.4. The van der Waals surface area contributed by atoms with Crippen LogP contribution in [0, 0.1) is 0 Å². The minimum absolute atomic E-state index is 0.00169. The van der Waals surface area contributed by atoms with Crippen LogP contribution in [-0.4, -0.2) is 33.4 Å². The van der Waals surface area contributed by atoms with E-state index in [1.54, 1.807) is 24.3 Å². The molecule has 5 N–H and O–H groups in total. The Kier molecular flexibility index (Phi) is 4.80. The largest absolute Gasteiger partial charge is 0.478 e. The number of halogens is 1. The SMILES string of the molecule is NC(=NN=Cc1ccc(-c2ccc(Br)cc2C(=O)O)o1)c1nonc1N. The van der Waals surface area contributed by atoms with Crippen molar-refractivity contribution in [2.24, 2.45) is 15.9 Å². The fourth-order valence-electron chi connectivity index (χ4n) is 2.04. The molecule has 1 aromatic carbocycles. The molecule has 0 unspecified atom stereocenters. The van der Waals surface area contributed by atoms with E-state index in [1.165, 1.54) is 12.3 Å². The molecular weight excluding hydrogens is 408 g/mol. The Labute approximate surface area is 154 Å². The maximum atomic E-state index is 11.4. The van der Waals surface area contributed by atoms with E-state index in [0.29, 0.717) is 21.6 Å². The van der Waals surface area contributed by atoms with Crippen molar-refractivity contribution < 1.29 is 18.9 Å². The van der Waals surface area contributed by atoms with E-state index in [4.69, 9.17) is 15.9 Å². The van der Waals surface area contributed by atoms with Gasteiger partial charge in [0.2, 0.25) is 0 Å². The van der Waals surface area contributed by atoms with Gasteiger partial charge in [-0.1, -0.05) is 15.9 Å². The summed E-state index contributed by atoms with van der Waals surface area (Å²) in [4.78, 5) is 11.4. The van der Waals surface area contributed by atoms with Gasteiger partial charge in [0.25, 0.3) is 0 Å². The van der Waals surface area contributed by atoms with Gasteiger partial charge in [0.1, 0.15) is 11.5 Å². The Bertz CT molecular complexity index is 1020. The first-order chi connectivity index (χ1) is 12.5. The minimum Gasteiger partial charge on any atom is -0.478 e. The third kappa shape index (κ3) is 3.62. The number of benzene rings is 1. The molecule has 3 aromatic rings. The molecule has 10 nitrogen and oxygen atoms in total. The number of carboxylic acids is 1. The minimum atomic E-state index is -1.07. The number of hydrogen-bond donors (Lipinski definition) is 3. The molecule has 0 bridgehead atoms. The van der Waals surface area contributed by atoms with Crippen molar-refractivity contribution >= 4 is 39.8 Å². The van der Waals surface area contributed by atoms with Gasteiger partial charge in [-0.15, -0.1) is 5.10 Å². The highest BCUT2D eigenvalue weighted by atomic mass is 79.9. The maximum absolute atomic E-state index is 11.4. The zero-order valence-electron chi connectivity index (χ0n) is 13.0. The number of anilines is 1. The zero-order valence-corrected chi connectivity index (χ0v) is 14.5. The highest BCUT2D eigenvalue weighted by Gasteiger charge is 2.15. The number of nitrogens with zero attached hydrogens (tertiary/aromatic N) is 4. The predicted molar refractivity (Wildman–Crippen MR) is 95.8 cm³/mol. The molecule has 0 aliphatic carbocycles. The monoisotopic (exact) mass is 418 g/mol. The first-order valence-corrected chi connectivity index (χ1v) is 7.83. The number of hydrogen-bond acceptors (Lipinski definition) is 8. The smallest absolute Gasteiger partial charge is 0.336 e. The van der Waals surface area contributed by atoms with Crippen molar-refractivity contribution in [1.29, 1.82) is 0 Å². The Balaban J connectivity index is 1.83. The lowest BCUT2D eigenvalue weighted by Crippen LogP contribution is -2.15. The van der Waals surface area contributed by atoms with Gasteiger partial charge in [-0.05, 0) is 40.6 Å². The molecule has 2 aromatic heterocycles. The molecular formula is C15H11BrN6O4. The number of carboxylic acid groups (broad SMARTS) is 1. The fourth-order valence-corrected chi connectivity index (χ4v) is 2.40. The number of nitrogens with two attached hydrogens (primary N) is 2. The predicted octanol–water partition coefficient (Wildman–Crippen LogP) is 2.11. The van der Waals surface area contributed by atoms with E-state index in [-0.39, 0.29) is 22.9 Å². The second-order valence-corrected chi connectivity index (χ2v) is 5.84. The Morgan fingerprint density at radius 1 is 1.27 bits per heavy atom. The third-order valence-electron chi connectivity index (χ3n) is 3.21. The Hall–Kier alpha value is -3.47. The van der Waals surface area contributed by atoms with Crippen LogP contribution in [0.25, 0.3) is 11.3 Å². The van der Waals surface area contributed by atoms with Crippen LogP contribution in [0.15, 0.2) is 54.1 Å². The number of aromatic carboxylic acids is 1. The van der Waals surface area contributed by atoms with Gasteiger partial charge in [0.15, 0.2) is 17.3 Å². The van der Waals surface area contributed by atoms with Crippen LogP contribution < -0.4 is 11.5 Å². The molecule has 3 rings (SSSR count). The Morgan fingerprint density at radius 2 is 2.08 bits per heavy atom. The summed E-state index contributed by atoms with van der Waals surface area (Å²) in [5.41, 5.74) is 11.8. The number of carbonyl (C=O) groups is 1. The highest BCUT2D eigenvalue weighted by molar-refractivity contribution is 9.10. The van der Waals surface area contributed by atoms with Crippen LogP contribution in [0.3, 0.4) is 0 Å². The summed E-state index contributed by atoms with van der Waals surface area (Å²) in [6, 6.07) is 8.10. The number of amidine groups is 1. The summed E-state index contributed by atoms with van der Waals surface area (Å²) in [5.74, 6) is -0.421. The molecule has 0 saturated carbocycles. The zero-order chi connectivity index (χ0) is 18.7. The summed E-state index contributed by atoms with van der Waals surface area (Å²) < 4.78 is 10.7. The van der Waals surface area contributed by atoms with Gasteiger partial charge in [-0.2, -0.15) is 5.10 Å². The summed E-state index contributed by atoms with van der Waals surface area (Å²) in [6.45, 7) is 0. The molecule has 0 atom stereocenters. The fraction of sp³-hybridized carbons (Fsp3) is 0. The van der Waals surface area contributed by atoms with Crippen LogP contribution >= 0.6 is 15.9 Å². The summed E-state index contributed by atoms with van der Waals surface area (Å²) in [5, 5.41) is 23.7. The van der Waals surface area contributed by atoms with Crippen molar-refractivity contribution in [2.45, 2.75) is 0 Å². The number of nitrogen functional groups attached to an aromatic ring is 1. The van der Waals surface area contributed by atoms with E-state index in [2.05, 4.69) is 41.1 Å². The van der Waals surface area contributed by atoms with Crippen LogP contribution in [0.4, 0.5) is 5.82 Å². The van der Waals surface area contributed by atoms with Gasteiger partial charge in [0, 0.05) is 10.0 Å². The van der Waals surface area contributed by atoms with Crippen molar-refractivity contribution in [3.05, 3.63) is 51.8 Å². The topological polar surface area (TPSA) is 166 Å².